The van der Waals surface area contributed by atoms with Crippen LogP contribution in [0.2, 0.25) is 0 Å². The molecule has 2 N–H and O–H groups in total. The Balaban J connectivity index is 2.26. The molecule has 1 aromatic heterocycles. The Morgan fingerprint density at radius 3 is 2.71 bits per heavy atom. The van der Waals surface area contributed by atoms with Crippen molar-refractivity contribution in [2.45, 2.75) is 6.54 Å². The lowest BCUT2D eigenvalue weighted by Crippen LogP contribution is -2.13. The van der Waals surface area contributed by atoms with Crippen LogP contribution in [0, 0.1) is 5.41 Å². The van der Waals surface area contributed by atoms with Gasteiger partial charge in [0.2, 0.25) is 0 Å². The van der Waals surface area contributed by atoms with E-state index in [1.807, 2.05) is 30.3 Å². The summed E-state index contributed by atoms with van der Waals surface area (Å²) in [5.74, 6) is -0.221. The minimum atomic E-state index is -0.571. The van der Waals surface area contributed by atoms with E-state index in [0.717, 1.165) is 5.56 Å². The van der Waals surface area contributed by atoms with Crippen molar-refractivity contribution >= 4 is 32.3 Å². The largest absolute Gasteiger partial charge is 0.464 e. The molecule has 0 radical (unpaired) electrons. The first-order valence-corrected chi connectivity index (χ1v) is 6.88. The van der Waals surface area contributed by atoms with Crippen molar-refractivity contribution in [3.63, 3.8) is 0 Å². The van der Waals surface area contributed by atoms with E-state index in [1.165, 1.54) is 13.3 Å². The maximum Gasteiger partial charge on any atom is 0.358 e. The van der Waals surface area contributed by atoms with E-state index in [4.69, 9.17) is 5.41 Å². The van der Waals surface area contributed by atoms with Gasteiger partial charge in [0.05, 0.1) is 13.3 Å². The molecule has 6 nitrogen and oxygen atoms in total. The van der Waals surface area contributed by atoms with Crippen LogP contribution in [0.15, 0.2) is 36.5 Å². The highest BCUT2D eigenvalue weighted by atomic mass is 79.9. The number of carbonyl (C=O) groups excluding carboxylic acids is 1. The van der Waals surface area contributed by atoms with Gasteiger partial charge in [-0.1, -0.05) is 30.3 Å². The summed E-state index contributed by atoms with van der Waals surface area (Å²) in [7, 11) is 1.28. The molecule has 0 aliphatic rings. The Bertz CT molecular complexity index is 661. The average Bonchev–Trinajstić information content (AvgIpc) is 2.52. The van der Waals surface area contributed by atoms with Gasteiger partial charge >= 0.3 is 5.97 Å². The lowest BCUT2D eigenvalue weighted by Gasteiger charge is -2.10. The minimum Gasteiger partial charge on any atom is -0.464 e. The summed E-state index contributed by atoms with van der Waals surface area (Å²) in [6.45, 7) is 0.507. The van der Waals surface area contributed by atoms with Crippen LogP contribution in [0.4, 0.5) is 5.82 Å². The van der Waals surface area contributed by atoms with Crippen LogP contribution in [0.25, 0.3) is 0 Å². The van der Waals surface area contributed by atoms with Gasteiger partial charge in [-0.3, -0.25) is 5.41 Å². The highest BCUT2D eigenvalue weighted by Crippen LogP contribution is 2.15. The van der Waals surface area contributed by atoms with Crippen LogP contribution in [-0.4, -0.2) is 27.7 Å². The molecule has 0 atom stereocenters. The third kappa shape index (κ3) is 3.85. The maximum absolute atomic E-state index is 11.5. The van der Waals surface area contributed by atoms with Crippen molar-refractivity contribution in [1.82, 2.24) is 9.97 Å². The van der Waals surface area contributed by atoms with E-state index in [-0.39, 0.29) is 10.3 Å². The second kappa shape index (κ2) is 6.94. The molecule has 1 aromatic carbocycles. The van der Waals surface area contributed by atoms with Crippen LogP contribution < -0.4 is 5.32 Å². The molecule has 0 amide bonds. The number of ether oxygens (including phenoxy) is 1. The quantitative estimate of drug-likeness (QED) is 0.640. The number of nitrogens with zero attached hydrogens (tertiary/aromatic N) is 2. The number of esters is 1. The average molecular weight is 349 g/mol. The number of aromatic nitrogens is 2. The summed E-state index contributed by atoms with van der Waals surface area (Å²) in [5.41, 5.74) is 1.47. The van der Waals surface area contributed by atoms with Gasteiger partial charge in [0, 0.05) is 6.54 Å². The SMILES string of the molecule is COC(=O)c1cnc(C(=N)Br)c(NCc2ccccc2)n1. The molecular weight excluding hydrogens is 336 g/mol. The van der Waals surface area contributed by atoms with Gasteiger partial charge in [-0.25, -0.2) is 14.8 Å². The third-order valence-corrected chi connectivity index (χ3v) is 3.05. The Labute approximate surface area is 130 Å². The number of halogens is 1. The number of nitrogens with one attached hydrogen (secondary N) is 2. The van der Waals surface area contributed by atoms with Crippen molar-refractivity contribution in [2.24, 2.45) is 0 Å². The standard InChI is InChI=1S/C14H13BrN4O2/c1-21-14(20)10-8-17-11(12(15)16)13(19-10)18-7-9-5-3-2-4-6-9/h2-6,8,16H,7H2,1H3,(H,18,19). The number of methoxy groups -OCH3 is 1. The molecule has 0 saturated heterocycles. The number of hydrogen-bond donors (Lipinski definition) is 2. The molecule has 1 heterocycles. The number of anilines is 1. The Morgan fingerprint density at radius 1 is 1.38 bits per heavy atom. The summed E-state index contributed by atoms with van der Waals surface area (Å²) >= 11 is 3.06. The van der Waals surface area contributed by atoms with Crippen LogP contribution >= 0.6 is 15.9 Å². The van der Waals surface area contributed by atoms with E-state index < -0.39 is 5.97 Å². The summed E-state index contributed by atoms with van der Waals surface area (Å²) in [6.07, 6.45) is 1.28. The van der Waals surface area contributed by atoms with Gasteiger partial charge in [-0.2, -0.15) is 0 Å². The Morgan fingerprint density at radius 2 is 2.10 bits per heavy atom. The minimum absolute atomic E-state index is 0.0852. The second-order valence-corrected chi connectivity index (χ2v) is 4.89. The van der Waals surface area contributed by atoms with Crippen LogP contribution in [0.1, 0.15) is 21.7 Å². The van der Waals surface area contributed by atoms with Crippen molar-refractivity contribution in [1.29, 1.82) is 5.41 Å². The highest BCUT2D eigenvalue weighted by molar-refractivity contribution is 9.18. The number of hydrogen-bond acceptors (Lipinski definition) is 6. The topological polar surface area (TPSA) is 88.0 Å². The summed E-state index contributed by atoms with van der Waals surface area (Å²) in [6, 6.07) is 9.72. The molecule has 0 bridgehead atoms. The summed E-state index contributed by atoms with van der Waals surface area (Å²) in [4.78, 5) is 19.7. The first-order chi connectivity index (χ1) is 10.1. The molecule has 2 rings (SSSR count). The zero-order valence-corrected chi connectivity index (χ0v) is 12.8. The first kappa shape index (κ1) is 15.1. The zero-order chi connectivity index (χ0) is 15.2. The molecule has 0 aliphatic carbocycles. The lowest BCUT2D eigenvalue weighted by molar-refractivity contribution is 0.0593. The van der Waals surface area contributed by atoms with Crippen molar-refractivity contribution in [2.75, 3.05) is 12.4 Å². The van der Waals surface area contributed by atoms with Gasteiger partial charge < -0.3 is 10.1 Å². The predicted molar refractivity (Wildman–Crippen MR) is 82.9 cm³/mol. The fraction of sp³-hybridized carbons (Fsp3) is 0.143. The van der Waals surface area contributed by atoms with E-state index in [2.05, 4.69) is 36.0 Å². The molecule has 108 valence electrons. The number of carbonyl (C=O) groups is 1. The molecule has 0 aliphatic heterocycles. The van der Waals surface area contributed by atoms with Crippen molar-refractivity contribution in [3.05, 3.63) is 53.5 Å². The molecule has 0 fully saturated rings. The van der Waals surface area contributed by atoms with Crippen LogP contribution in [-0.2, 0) is 11.3 Å². The van der Waals surface area contributed by atoms with E-state index in [0.29, 0.717) is 18.1 Å². The lowest BCUT2D eigenvalue weighted by atomic mass is 10.2. The molecule has 21 heavy (non-hydrogen) atoms. The van der Waals surface area contributed by atoms with E-state index >= 15 is 0 Å². The molecule has 2 aromatic rings. The summed E-state index contributed by atoms with van der Waals surface area (Å²) < 4.78 is 4.70. The van der Waals surface area contributed by atoms with Crippen LogP contribution in [0.3, 0.4) is 0 Å². The highest BCUT2D eigenvalue weighted by Gasteiger charge is 2.15. The van der Waals surface area contributed by atoms with E-state index in [1.54, 1.807) is 0 Å². The fourth-order valence-electron chi connectivity index (χ4n) is 1.66. The fourth-order valence-corrected chi connectivity index (χ4v) is 1.95. The first-order valence-electron chi connectivity index (χ1n) is 6.09. The summed E-state index contributed by atoms with van der Waals surface area (Å²) in [5, 5.41) is 10.7. The van der Waals surface area contributed by atoms with Gasteiger partial charge in [0.1, 0.15) is 10.3 Å². The van der Waals surface area contributed by atoms with Crippen LogP contribution in [0.5, 0.6) is 0 Å². The van der Waals surface area contributed by atoms with Crippen molar-refractivity contribution in [3.8, 4) is 0 Å². The second-order valence-electron chi connectivity index (χ2n) is 4.10. The van der Waals surface area contributed by atoms with Gasteiger partial charge in [0.25, 0.3) is 0 Å². The van der Waals surface area contributed by atoms with Gasteiger partial charge in [-0.05, 0) is 21.5 Å². The number of rotatable bonds is 5. The maximum atomic E-state index is 11.5. The predicted octanol–water partition coefficient (Wildman–Crippen LogP) is 2.60. The molecule has 0 spiro atoms. The van der Waals surface area contributed by atoms with E-state index in [9.17, 15) is 4.79 Å². The molecule has 0 saturated carbocycles. The Hall–Kier alpha value is -2.28. The molecule has 0 unspecified atom stereocenters. The monoisotopic (exact) mass is 348 g/mol. The normalized spacial score (nSPS) is 10.0. The van der Waals surface area contributed by atoms with Crippen molar-refractivity contribution < 1.29 is 9.53 Å². The smallest absolute Gasteiger partial charge is 0.358 e. The van der Waals surface area contributed by atoms with Gasteiger partial charge in [0.15, 0.2) is 11.5 Å². The molecule has 7 heteroatoms. The Kier molecular flexibility index (Phi) is 4.99. The third-order valence-electron chi connectivity index (χ3n) is 2.68. The molecular formula is C14H13BrN4O2. The van der Waals surface area contributed by atoms with Gasteiger partial charge in [-0.15, -0.1) is 0 Å². The number of benzene rings is 1. The zero-order valence-electron chi connectivity index (χ0n) is 11.3.